The number of benzene rings is 2. The van der Waals surface area contributed by atoms with Crippen LogP contribution in [0.2, 0.25) is 5.02 Å². The number of ether oxygens (including phenoxy) is 1. The summed E-state index contributed by atoms with van der Waals surface area (Å²) in [5.74, 6) is -1.07. The summed E-state index contributed by atoms with van der Waals surface area (Å²) in [6.45, 7) is 1.30. The fraction of sp³-hybridized carbons (Fsp3) is 0.278. The number of carbonyl (C=O) groups is 1. The van der Waals surface area contributed by atoms with Gasteiger partial charge in [0.15, 0.2) is 0 Å². The Morgan fingerprint density at radius 3 is 2.21 bits per heavy atom. The summed E-state index contributed by atoms with van der Waals surface area (Å²) in [4.78, 5) is 11.9. The van der Waals surface area contributed by atoms with Crippen molar-refractivity contribution in [2.24, 2.45) is 0 Å². The second-order valence-corrected chi connectivity index (χ2v) is 8.23. The van der Waals surface area contributed by atoms with Gasteiger partial charge in [-0.3, -0.25) is 4.79 Å². The first kappa shape index (κ1) is 23.0. The predicted octanol–water partition coefficient (Wildman–Crippen LogP) is 3.57. The highest BCUT2D eigenvalue weighted by molar-refractivity contribution is 7.89. The zero-order valence-corrected chi connectivity index (χ0v) is 16.8. The Bertz CT molecular complexity index is 933. The maximum absolute atomic E-state index is 12.7. The summed E-state index contributed by atoms with van der Waals surface area (Å²) in [7, 11) is -4.08. The highest BCUT2D eigenvalue weighted by Crippen LogP contribution is 2.25. The van der Waals surface area contributed by atoms with Crippen LogP contribution in [-0.4, -0.2) is 38.1 Å². The van der Waals surface area contributed by atoms with E-state index < -0.39 is 34.6 Å². The summed E-state index contributed by atoms with van der Waals surface area (Å²) < 4.78 is 66.6. The average molecular weight is 451 g/mol. The van der Waals surface area contributed by atoms with E-state index in [-0.39, 0.29) is 18.0 Å². The van der Waals surface area contributed by atoms with E-state index in [0.717, 1.165) is 34.1 Å². The van der Waals surface area contributed by atoms with Crippen LogP contribution in [0.3, 0.4) is 0 Å². The summed E-state index contributed by atoms with van der Waals surface area (Å²) in [6.07, 6.45) is -4.88. The molecule has 0 aromatic heterocycles. The lowest BCUT2D eigenvalue weighted by Crippen LogP contribution is -2.40. The fourth-order valence-corrected chi connectivity index (χ4v) is 3.88. The molecular weight excluding hydrogens is 433 g/mol. The van der Waals surface area contributed by atoms with E-state index in [1.807, 2.05) is 0 Å². The molecule has 11 heteroatoms. The quantitative estimate of drug-likeness (QED) is 0.667. The molecule has 0 atom stereocenters. The number of carbonyl (C=O) groups excluding carboxylic acids is 1. The third-order valence-electron chi connectivity index (χ3n) is 3.77. The van der Waals surface area contributed by atoms with E-state index in [2.05, 4.69) is 10.1 Å². The molecular formula is C18H18ClF3N2O4S. The summed E-state index contributed by atoms with van der Waals surface area (Å²) in [5, 5.41) is 3.16. The molecule has 0 saturated carbocycles. The summed E-state index contributed by atoms with van der Waals surface area (Å²) in [6, 6.07) is 10.6. The molecule has 1 N–H and O–H groups in total. The lowest BCUT2D eigenvalue weighted by Gasteiger charge is -2.20. The van der Waals surface area contributed by atoms with E-state index in [1.54, 1.807) is 31.2 Å². The fourth-order valence-electron chi connectivity index (χ4n) is 2.35. The SMILES string of the molecule is CCN(CC(=O)NCc1ccc(Cl)cc1)S(=O)(=O)c1ccc(OC(F)(F)F)cc1. The Hall–Kier alpha value is -2.30. The number of likely N-dealkylation sites (N-methyl/N-ethyl adjacent to an activating group) is 1. The minimum atomic E-state index is -4.88. The smallest absolute Gasteiger partial charge is 0.406 e. The van der Waals surface area contributed by atoms with Crippen LogP contribution in [0.25, 0.3) is 0 Å². The topological polar surface area (TPSA) is 75.7 Å². The van der Waals surface area contributed by atoms with Gasteiger partial charge in [-0.25, -0.2) is 8.42 Å². The first-order chi connectivity index (χ1) is 13.5. The molecule has 0 radical (unpaired) electrons. The van der Waals surface area contributed by atoms with Crippen LogP contribution < -0.4 is 10.1 Å². The molecule has 6 nitrogen and oxygen atoms in total. The molecule has 158 valence electrons. The van der Waals surface area contributed by atoms with E-state index in [0.29, 0.717) is 5.02 Å². The lowest BCUT2D eigenvalue weighted by molar-refractivity contribution is -0.274. The monoisotopic (exact) mass is 450 g/mol. The zero-order valence-electron chi connectivity index (χ0n) is 15.2. The van der Waals surface area contributed by atoms with Crippen LogP contribution in [0.4, 0.5) is 13.2 Å². The molecule has 0 fully saturated rings. The molecule has 0 unspecified atom stereocenters. The van der Waals surface area contributed by atoms with Crippen LogP contribution in [0.15, 0.2) is 53.4 Å². The van der Waals surface area contributed by atoms with Crippen molar-refractivity contribution in [1.82, 2.24) is 9.62 Å². The van der Waals surface area contributed by atoms with Gasteiger partial charge in [0.05, 0.1) is 11.4 Å². The number of hydrogen-bond donors (Lipinski definition) is 1. The Morgan fingerprint density at radius 2 is 1.69 bits per heavy atom. The van der Waals surface area contributed by atoms with E-state index >= 15 is 0 Å². The Kier molecular flexibility index (Phi) is 7.50. The van der Waals surface area contributed by atoms with Crippen molar-refractivity contribution in [2.45, 2.75) is 24.7 Å². The number of halogens is 4. The molecule has 0 aliphatic carbocycles. The molecule has 0 aliphatic heterocycles. The summed E-state index contributed by atoms with van der Waals surface area (Å²) in [5.41, 5.74) is 0.786. The van der Waals surface area contributed by atoms with Gasteiger partial charge in [0.1, 0.15) is 5.75 Å². The Labute approximate surface area is 171 Å². The normalized spacial score (nSPS) is 12.1. The molecule has 0 aliphatic rings. The van der Waals surface area contributed by atoms with Gasteiger partial charge in [0.2, 0.25) is 15.9 Å². The Balaban J connectivity index is 2.03. The van der Waals surface area contributed by atoms with Crippen molar-refractivity contribution < 1.29 is 31.1 Å². The Morgan fingerprint density at radius 1 is 1.10 bits per heavy atom. The standard InChI is InChI=1S/C18H18ClF3N2O4S/c1-2-24(12-17(25)23-11-13-3-5-14(19)6-4-13)29(26,27)16-9-7-15(8-10-16)28-18(20,21)22/h3-10H,2,11-12H2,1H3,(H,23,25). The number of hydrogen-bond acceptors (Lipinski definition) is 4. The van der Waals surface area contributed by atoms with Gasteiger partial charge in [0, 0.05) is 18.1 Å². The van der Waals surface area contributed by atoms with Crippen molar-refractivity contribution in [3.8, 4) is 5.75 Å². The molecule has 1 amide bonds. The van der Waals surface area contributed by atoms with Gasteiger partial charge in [-0.15, -0.1) is 13.2 Å². The van der Waals surface area contributed by atoms with Gasteiger partial charge < -0.3 is 10.1 Å². The van der Waals surface area contributed by atoms with Crippen LogP contribution in [-0.2, 0) is 21.4 Å². The number of rotatable bonds is 8. The maximum atomic E-state index is 12.7. The second-order valence-electron chi connectivity index (χ2n) is 5.85. The van der Waals surface area contributed by atoms with Crippen molar-refractivity contribution in [1.29, 1.82) is 0 Å². The first-order valence-corrected chi connectivity index (χ1v) is 10.2. The average Bonchev–Trinajstić information content (AvgIpc) is 2.64. The van der Waals surface area contributed by atoms with Crippen LogP contribution in [0, 0.1) is 0 Å². The highest BCUT2D eigenvalue weighted by Gasteiger charge is 2.31. The van der Waals surface area contributed by atoms with Gasteiger partial charge in [-0.1, -0.05) is 30.7 Å². The van der Waals surface area contributed by atoms with E-state index in [9.17, 15) is 26.4 Å². The van der Waals surface area contributed by atoms with E-state index in [4.69, 9.17) is 11.6 Å². The van der Waals surface area contributed by atoms with Crippen LogP contribution in [0.5, 0.6) is 5.75 Å². The van der Waals surface area contributed by atoms with Crippen molar-refractivity contribution in [3.05, 3.63) is 59.1 Å². The number of nitrogens with zero attached hydrogens (tertiary/aromatic N) is 1. The molecule has 2 rings (SSSR count). The molecule has 0 spiro atoms. The number of nitrogens with one attached hydrogen (secondary N) is 1. The summed E-state index contributed by atoms with van der Waals surface area (Å²) >= 11 is 5.79. The largest absolute Gasteiger partial charge is 0.573 e. The zero-order chi connectivity index (χ0) is 21.7. The minimum Gasteiger partial charge on any atom is -0.406 e. The van der Waals surface area contributed by atoms with Gasteiger partial charge >= 0.3 is 6.36 Å². The molecule has 0 heterocycles. The minimum absolute atomic E-state index is 0.00248. The van der Waals surface area contributed by atoms with Gasteiger partial charge in [0.25, 0.3) is 0 Å². The third kappa shape index (κ3) is 6.91. The molecule has 29 heavy (non-hydrogen) atoms. The maximum Gasteiger partial charge on any atom is 0.573 e. The lowest BCUT2D eigenvalue weighted by atomic mass is 10.2. The van der Waals surface area contributed by atoms with Crippen LogP contribution >= 0.6 is 11.6 Å². The molecule has 2 aromatic carbocycles. The second kappa shape index (κ2) is 9.47. The highest BCUT2D eigenvalue weighted by atomic mass is 35.5. The molecule has 0 bridgehead atoms. The number of sulfonamides is 1. The number of amides is 1. The van der Waals surface area contributed by atoms with Crippen molar-refractivity contribution in [2.75, 3.05) is 13.1 Å². The van der Waals surface area contributed by atoms with Crippen molar-refractivity contribution in [3.63, 3.8) is 0 Å². The molecule has 0 saturated heterocycles. The molecule has 2 aromatic rings. The van der Waals surface area contributed by atoms with Crippen LogP contribution in [0.1, 0.15) is 12.5 Å². The predicted molar refractivity (Wildman–Crippen MR) is 101 cm³/mol. The van der Waals surface area contributed by atoms with Gasteiger partial charge in [-0.05, 0) is 42.0 Å². The first-order valence-electron chi connectivity index (χ1n) is 8.38. The van der Waals surface area contributed by atoms with Crippen molar-refractivity contribution >= 4 is 27.5 Å². The number of alkyl halides is 3. The van der Waals surface area contributed by atoms with Gasteiger partial charge in [-0.2, -0.15) is 4.31 Å². The third-order valence-corrected chi connectivity index (χ3v) is 5.96. The van der Waals surface area contributed by atoms with E-state index in [1.165, 1.54) is 0 Å².